The molecule has 2 atom stereocenters. The van der Waals surface area contributed by atoms with Crippen LogP contribution < -0.4 is 0 Å². The summed E-state index contributed by atoms with van der Waals surface area (Å²) < 4.78 is 5.74. The highest BCUT2D eigenvalue weighted by Gasteiger charge is 2.45. The van der Waals surface area contributed by atoms with Gasteiger partial charge >= 0.3 is 0 Å². The molecule has 2 rings (SSSR count). The molecule has 2 fully saturated rings. The van der Waals surface area contributed by atoms with Crippen LogP contribution in [0.4, 0.5) is 0 Å². The Morgan fingerprint density at radius 3 is 3.17 bits per heavy atom. The minimum absolute atomic E-state index is 0.0579. The number of nitriles is 1. The molecule has 0 amide bonds. The van der Waals surface area contributed by atoms with Gasteiger partial charge in [-0.25, -0.2) is 0 Å². The summed E-state index contributed by atoms with van der Waals surface area (Å²) in [4.78, 5) is 0. The van der Waals surface area contributed by atoms with Crippen LogP contribution in [0.15, 0.2) is 0 Å². The standard InChI is InChI=1S/C9H13NOS/c10-6-8-2-4-11-9(8)3-1-5-12-7-9/h8H,1-5,7H2. The van der Waals surface area contributed by atoms with Crippen LogP contribution in [0.25, 0.3) is 0 Å². The Bertz CT molecular complexity index is 205. The number of hydrogen-bond acceptors (Lipinski definition) is 3. The van der Waals surface area contributed by atoms with Crippen molar-refractivity contribution in [3.05, 3.63) is 0 Å². The molecule has 0 aromatic rings. The van der Waals surface area contributed by atoms with E-state index >= 15 is 0 Å². The average molecular weight is 183 g/mol. The summed E-state index contributed by atoms with van der Waals surface area (Å²) in [7, 11) is 0. The van der Waals surface area contributed by atoms with Gasteiger partial charge in [-0.3, -0.25) is 0 Å². The van der Waals surface area contributed by atoms with E-state index in [1.54, 1.807) is 0 Å². The lowest BCUT2D eigenvalue weighted by molar-refractivity contribution is 0.000629. The number of ether oxygens (including phenoxy) is 1. The number of rotatable bonds is 0. The van der Waals surface area contributed by atoms with Gasteiger partial charge < -0.3 is 4.74 Å². The van der Waals surface area contributed by atoms with Crippen molar-refractivity contribution in [2.45, 2.75) is 24.9 Å². The van der Waals surface area contributed by atoms with Crippen LogP contribution in [0.1, 0.15) is 19.3 Å². The first-order valence-corrected chi connectivity index (χ1v) is 5.64. The molecular formula is C9H13NOS. The van der Waals surface area contributed by atoms with Crippen molar-refractivity contribution in [2.24, 2.45) is 5.92 Å². The van der Waals surface area contributed by atoms with Crippen LogP contribution in [-0.2, 0) is 4.74 Å². The van der Waals surface area contributed by atoms with Crippen molar-refractivity contribution < 1.29 is 4.74 Å². The molecule has 1 spiro atoms. The van der Waals surface area contributed by atoms with Crippen LogP contribution in [0.2, 0.25) is 0 Å². The highest BCUT2D eigenvalue weighted by Crippen LogP contribution is 2.41. The van der Waals surface area contributed by atoms with Gasteiger partial charge in [-0.2, -0.15) is 17.0 Å². The number of thioether (sulfide) groups is 1. The molecule has 66 valence electrons. The second kappa shape index (κ2) is 3.27. The van der Waals surface area contributed by atoms with Gasteiger partial charge in [-0.1, -0.05) is 0 Å². The third-order valence-corrected chi connectivity index (χ3v) is 4.09. The maximum atomic E-state index is 8.94. The predicted molar refractivity (Wildman–Crippen MR) is 49.0 cm³/mol. The molecule has 0 radical (unpaired) electrons. The minimum Gasteiger partial charge on any atom is -0.373 e. The van der Waals surface area contributed by atoms with Gasteiger partial charge in [0.25, 0.3) is 0 Å². The second-order valence-electron chi connectivity index (χ2n) is 3.54. The molecule has 0 bridgehead atoms. The zero-order chi connectivity index (χ0) is 8.44. The lowest BCUT2D eigenvalue weighted by Crippen LogP contribution is -2.40. The van der Waals surface area contributed by atoms with E-state index < -0.39 is 0 Å². The SMILES string of the molecule is N#CC1CCOC12CCCSC2. The minimum atomic E-state index is -0.0579. The van der Waals surface area contributed by atoms with E-state index in [9.17, 15) is 0 Å². The molecule has 0 saturated carbocycles. The van der Waals surface area contributed by atoms with Crippen LogP contribution >= 0.6 is 11.8 Å². The van der Waals surface area contributed by atoms with Gasteiger partial charge in [0.2, 0.25) is 0 Å². The first-order chi connectivity index (χ1) is 5.87. The van der Waals surface area contributed by atoms with Gasteiger partial charge in [0.15, 0.2) is 0 Å². The van der Waals surface area contributed by atoms with Crippen molar-refractivity contribution in [3.63, 3.8) is 0 Å². The van der Waals surface area contributed by atoms with Gasteiger partial charge in [-0.05, 0) is 25.0 Å². The summed E-state index contributed by atoms with van der Waals surface area (Å²) >= 11 is 1.93. The summed E-state index contributed by atoms with van der Waals surface area (Å²) in [5, 5.41) is 8.94. The molecule has 2 aliphatic rings. The summed E-state index contributed by atoms with van der Waals surface area (Å²) in [5.74, 6) is 2.43. The third kappa shape index (κ3) is 1.23. The van der Waals surface area contributed by atoms with E-state index in [4.69, 9.17) is 10.00 Å². The first kappa shape index (κ1) is 8.40. The molecule has 2 saturated heterocycles. The molecule has 0 aromatic carbocycles. The quantitative estimate of drug-likeness (QED) is 0.574. The fourth-order valence-corrected chi connectivity index (χ4v) is 3.37. The maximum absolute atomic E-state index is 8.94. The highest BCUT2D eigenvalue weighted by atomic mass is 32.2. The molecule has 3 heteroatoms. The van der Waals surface area contributed by atoms with Gasteiger partial charge in [-0.15, -0.1) is 0 Å². The van der Waals surface area contributed by atoms with Crippen molar-refractivity contribution in [2.75, 3.05) is 18.1 Å². The van der Waals surface area contributed by atoms with Crippen molar-refractivity contribution >= 4 is 11.8 Å². The largest absolute Gasteiger partial charge is 0.373 e. The van der Waals surface area contributed by atoms with Crippen molar-refractivity contribution in [3.8, 4) is 6.07 Å². The number of nitrogens with zero attached hydrogens (tertiary/aromatic N) is 1. The average Bonchev–Trinajstić information content (AvgIpc) is 2.49. The third-order valence-electron chi connectivity index (χ3n) is 2.82. The zero-order valence-electron chi connectivity index (χ0n) is 7.08. The molecule has 0 aromatic heterocycles. The first-order valence-electron chi connectivity index (χ1n) is 4.49. The second-order valence-corrected chi connectivity index (χ2v) is 4.64. The van der Waals surface area contributed by atoms with Crippen LogP contribution in [0, 0.1) is 17.2 Å². The Morgan fingerprint density at radius 2 is 2.50 bits per heavy atom. The van der Waals surface area contributed by atoms with Gasteiger partial charge in [0.05, 0.1) is 17.6 Å². The molecule has 2 aliphatic heterocycles. The molecule has 2 nitrogen and oxygen atoms in total. The van der Waals surface area contributed by atoms with Crippen molar-refractivity contribution in [1.82, 2.24) is 0 Å². The molecule has 12 heavy (non-hydrogen) atoms. The summed E-state index contributed by atoms with van der Waals surface area (Å²) in [6.45, 7) is 0.790. The summed E-state index contributed by atoms with van der Waals surface area (Å²) in [6, 6.07) is 2.39. The Hall–Kier alpha value is -0.200. The highest BCUT2D eigenvalue weighted by molar-refractivity contribution is 7.99. The lowest BCUT2D eigenvalue weighted by Gasteiger charge is -2.34. The van der Waals surface area contributed by atoms with Crippen molar-refractivity contribution in [1.29, 1.82) is 5.26 Å². The topological polar surface area (TPSA) is 33.0 Å². The van der Waals surface area contributed by atoms with E-state index in [-0.39, 0.29) is 11.5 Å². The van der Waals surface area contributed by atoms with Gasteiger partial charge in [0.1, 0.15) is 0 Å². The molecular weight excluding hydrogens is 170 g/mol. The lowest BCUT2D eigenvalue weighted by atomic mass is 9.86. The molecule has 2 heterocycles. The van der Waals surface area contributed by atoms with E-state index in [0.29, 0.717) is 0 Å². The summed E-state index contributed by atoms with van der Waals surface area (Å²) in [6.07, 6.45) is 3.25. The van der Waals surface area contributed by atoms with Crippen LogP contribution in [0.3, 0.4) is 0 Å². The van der Waals surface area contributed by atoms with E-state index in [0.717, 1.165) is 25.2 Å². The smallest absolute Gasteiger partial charge is 0.0930 e. The number of hydrogen-bond donors (Lipinski definition) is 0. The van der Waals surface area contributed by atoms with E-state index in [1.807, 2.05) is 11.8 Å². The monoisotopic (exact) mass is 183 g/mol. The fourth-order valence-electron chi connectivity index (χ4n) is 2.11. The Morgan fingerprint density at radius 1 is 1.58 bits per heavy atom. The Labute approximate surface area is 77.3 Å². The van der Waals surface area contributed by atoms with Gasteiger partial charge in [0, 0.05) is 12.4 Å². The molecule has 0 N–H and O–H groups in total. The fraction of sp³-hybridized carbons (Fsp3) is 0.889. The zero-order valence-corrected chi connectivity index (χ0v) is 7.90. The van der Waals surface area contributed by atoms with Crippen LogP contribution in [0.5, 0.6) is 0 Å². The summed E-state index contributed by atoms with van der Waals surface area (Å²) in [5.41, 5.74) is -0.0579. The predicted octanol–water partition coefficient (Wildman–Crippen LogP) is 1.81. The Balaban J connectivity index is 2.12. The van der Waals surface area contributed by atoms with E-state index in [1.165, 1.54) is 12.2 Å². The van der Waals surface area contributed by atoms with Crippen LogP contribution in [-0.4, -0.2) is 23.7 Å². The van der Waals surface area contributed by atoms with E-state index in [2.05, 4.69) is 6.07 Å². The normalized spacial score (nSPS) is 41.4. The Kier molecular flexibility index (Phi) is 2.29. The molecule has 2 unspecified atom stereocenters. The maximum Gasteiger partial charge on any atom is 0.0930 e. The molecule has 0 aliphatic carbocycles.